The van der Waals surface area contributed by atoms with Crippen molar-refractivity contribution in [1.82, 2.24) is 4.90 Å². The fraction of sp³-hybridized carbons (Fsp3) is 0.933. The molecule has 1 heterocycles. The van der Waals surface area contributed by atoms with Crippen LogP contribution in [0, 0.1) is 5.92 Å². The lowest BCUT2D eigenvalue weighted by molar-refractivity contribution is -0.149. The Morgan fingerprint density at radius 2 is 2.21 bits per heavy atom. The van der Waals surface area contributed by atoms with Crippen molar-refractivity contribution in [3.63, 3.8) is 0 Å². The number of nitrogens with zero attached hydrogens (tertiary/aromatic N) is 1. The van der Waals surface area contributed by atoms with E-state index in [4.69, 9.17) is 10.5 Å². The summed E-state index contributed by atoms with van der Waals surface area (Å²) < 4.78 is 5.01. The largest absolute Gasteiger partial charge is 0.465 e. The fourth-order valence-electron chi connectivity index (χ4n) is 2.76. The van der Waals surface area contributed by atoms with Crippen LogP contribution in [0.5, 0.6) is 0 Å². The van der Waals surface area contributed by atoms with E-state index in [1.54, 1.807) is 6.92 Å². The second-order valence-corrected chi connectivity index (χ2v) is 5.96. The van der Waals surface area contributed by atoms with Crippen LogP contribution in [0.3, 0.4) is 0 Å². The van der Waals surface area contributed by atoms with Gasteiger partial charge in [0.25, 0.3) is 0 Å². The van der Waals surface area contributed by atoms with E-state index >= 15 is 0 Å². The van der Waals surface area contributed by atoms with Crippen LogP contribution in [-0.4, -0.2) is 42.6 Å². The molecule has 2 unspecified atom stereocenters. The first-order valence-electron chi connectivity index (χ1n) is 7.68. The Balaban J connectivity index is 2.27. The van der Waals surface area contributed by atoms with E-state index in [1.165, 1.54) is 32.4 Å². The van der Waals surface area contributed by atoms with Gasteiger partial charge in [0.15, 0.2) is 0 Å². The van der Waals surface area contributed by atoms with Crippen molar-refractivity contribution in [2.24, 2.45) is 11.7 Å². The van der Waals surface area contributed by atoms with Gasteiger partial charge in [-0.05, 0) is 58.5 Å². The van der Waals surface area contributed by atoms with E-state index in [1.807, 2.05) is 6.92 Å². The summed E-state index contributed by atoms with van der Waals surface area (Å²) in [6.45, 7) is 9.70. The van der Waals surface area contributed by atoms with Gasteiger partial charge in [-0.2, -0.15) is 0 Å². The summed E-state index contributed by atoms with van der Waals surface area (Å²) >= 11 is 0. The lowest BCUT2D eigenvalue weighted by atomic mass is 9.94. The Morgan fingerprint density at radius 1 is 1.47 bits per heavy atom. The molecule has 1 saturated heterocycles. The molecular formula is C15H30N2O2. The van der Waals surface area contributed by atoms with Crippen molar-refractivity contribution >= 4 is 5.97 Å². The Bertz CT molecular complexity index is 279. The summed E-state index contributed by atoms with van der Waals surface area (Å²) in [7, 11) is 0. The number of piperidine rings is 1. The van der Waals surface area contributed by atoms with Crippen molar-refractivity contribution in [2.45, 2.75) is 58.4 Å². The maximum Gasteiger partial charge on any atom is 0.325 e. The molecule has 4 heteroatoms. The quantitative estimate of drug-likeness (QED) is 0.720. The Morgan fingerprint density at radius 3 is 2.84 bits per heavy atom. The molecule has 0 aromatic carbocycles. The number of rotatable bonds is 7. The van der Waals surface area contributed by atoms with Gasteiger partial charge in [0.1, 0.15) is 5.54 Å². The fourth-order valence-corrected chi connectivity index (χ4v) is 2.76. The molecule has 0 spiro atoms. The highest BCUT2D eigenvalue weighted by Gasteiger charge is 2.29. The lowest BCUT2D eigenvalue weighted by Crippen LogP contribution is -2.47. The summed E-state index contributed by atoms with van der Waals surface area (Å²) in [4.78, 5) is 14.2. The summed E-state index contributed by atoms with van der Waals surface area (Å²) in [5, 5.41) is 0. The van der Waals surface area contributed by atoms with E-state index in [9.17, 15) is 4.79 Å². The van der Waals surface area contributed by atoms with Crippen molar-refractivity contribution in [3.05, 3.63) is 0 Å². The molecule has 1 rings (SSSR count). The molecular weight excluding hydrogens is 240 g/mol. The van der Waals surface area contributed by atoms with Crippen molar-refractivity contribution in [3.8, 4) is 0 Å². The zero-order valence-corrected chi connectivity index (χ0v) is 12.8. The van der Waals surface area contributed by atoms with E-state index in [-0.39, 0.29) is 5.97 Å². The second kappa shape index (κ2) is 7.85. The smallest absolute Gasteiger partial charge is 0.325 e. The second-order valence-electron chi connectivity index (χ2n) is 5.96. The molecule has 1 aliphatic rings. The molecule has 0 aromatic heterocycles. The first-order chi connectivity index (χ1) is 8.99. The lowest BCUT2D eigenvalue weighted by Gasteiger charge is -2.33. The summed E-state index contributed by atoms with van der Waals surface area (Å²) in [5.74, 6) is 0.572. The van der Waals surface area contributed by atoms with Crippen molar-refractivity contribution in [2.75, 3.05) is 26.2 Å². The normalized spacial score (nSPS) is 23.9. The highest BCUT2D eigenvalue weighted by molar-refractivity contribution is 5.79. The molecule has 0 aliphatic carbocycles. The minimum absolute atomic E-state index is 0.278. The molecule has 0 radical (unpaired) electrons. The molecule has 4 nitrogen and oxygen atoms in total. The first-order valence-corrected chi connectivity index (χ1v) is 7.68. The van der Waals surface area contributed by atoms with Gasteiger partial charge < -0.3 is 15.4 Å². The van der Waals surface area contributed by atoms with Crippen LogP contribution in [0.15, 0.2) is 0 Å². The molecule has 2 N–H and O–H groups in total. The first kappa shape index (κ1) is 16.4. The van der Waals surface area contributed by atoms with Gasteiger partial charge in [-0.3, -0.25) is 4.79 Å². The van der Waals surface area contributed by atoms with Crippen LogP contribution >= 0.6 is 0 Å². The molecule has 1 aliphatic heterocycles. The molecule has 0 saturated carbocycles. The number of likely N-dealkylation sites (tertiary alicyclic amines) is 1. The molecule has 112 valence electrons. The highest BCUT2D eigenvalue weighted by atomic mass is 16.5. The van der Waals surface area contributed by atoms with Gasteiger partial charge in [-0.15, -0.1) is 0 Å². The van der Waals surface area contributed by atoms with Gasteiger partial charge in [-0.1, -0.05) is 13.3 Å². The number of carbonyl (C=O) groups excluding carboxylic acids is 1. The van der Waals surface area contributed by atoms with Gasteiger partial charge in [0.2, 0.25) is 0 Å². The van der Waals surface area contributed by atoms with Gasteiger partial charge in [0, 0.05) is 6.54 Å². The maximum absolute atomic E-state index is 11.7. The van der Waals surface area contributed by atoms with Crippen LogP contribution in [0.1, 0.15) is 52.9 Å². The van der Waals surface area contributed by atoms with Gasteiger partial charge in [0.05, 0.1) is 6.61 Å². The third kappa shape index (κ3) is 5.49. The van der Waals surface area contributed by atoms with Crippen LogP contribution in [0.25, 0.3) is 0 Å². The summed E-state index contributed by atoms with van der Waals surface area (Å²) in [6.07, 6.45) is 5.59. The zero-order chi connectivity index (χ0) is 14.3. The van der Waals surface area contributed by atoms with Crippen LogP contribution in [0.2, 0.25) is 0 Å². The van der Waals surface area contributed by atoms with Gasteiger partial charge >= 0.3 is 5.97 Å². The highest BCUT2D eigenvalue weighted by Crippen LogP contribution is 2.20. The van der Waals surface area contributed by atoms with E-state index < -0.39 is 5.54 Å². The molecule has 0 aromatic rings. The standard InChI is InChI=1S/C15H30N2O2/c1-4-13-8-6-10-17(12-13)11-7-9-15(3,16)14(18)19-5-2/h13H,4-12,16H2,1-3H3. The number of nitrogens with two attached hydrogens (primary N) is 1. The minimum atomic E-state index is -0.837. The number of hydrogen-bond donors (Lipinski definition) is 1. The Kier molecular flexibility index (Phi) is 6.80. The van der Waals surface area contributed by atoms with E-state index in [2.05, 4.69) is 11.8 Å². The number of carbonyl (C=O) groups is 1. The average molecular weight is 270 g/mol. The molecule has 0 bridgehead atoms. The van der Waals surface area contributed by atoms with Crippen molar-refractivity contribution in [1.29, 1.82) is 0 Å². The van der Waals surface area contributed by atoms with E-state index in [0.29, 0.717) is 13.0 Å². The van der Waals surface area contributed by atoms with Crippen LogP contribution < -0.4 is 5.73 Å². The van der Waals surface area contributed by atoms with Crippen LogP contribution in [0.4, 0.5) is 0 Å². The third-order valence-corrected chi connectivity index (χ3v) is 4.09. The number of esters is 1. The predicted molar refractivity (Wildman–Crippen MR) is 77.9 cm³/mol. The van der Waals surface area contributed by atoms with Crippen molar-refractivity contribution < 1.29 is 9.53 Å². The van der Waals surface area contributed by atoms with E-state index in [0.717, 1.165) is 18.9 Å². The topological polar surface area (TPSA) is 55.6 Å². The predicted octanol–water partition coefficient (Wildman–Crippen LogP) is 2.17. The monoisotopic (exact) mass is 270 g/mol. The Hall–Kier alpha value is -0.610. The molecule has 19 heavy (non-hydrogen) atoms. The zero-order valence-electron chi connectivity index (χ0n) is 12.8. The van der Waals surface area contributed by atoms with Gasteiger partial charge in [-0.25, -0.2) is 0 Å². The summed E-state index contributed by atoms with van der Waals surface area (Å²) in [6, 6.07) is 0. The SMILES string of the molecule is CCOC(=O)C(C)(N)CCCN1CCCC(CC)C1. The molecule has 0 amide bonds. The van der Waals surface area contributed by atoms with Crippen LogP contribution in [-0.2, 0) is 9.53 Å². The average Bonchev–Trinajstić information content (AvgIpc) is 2.39. The minimum Gasteiger partial charge on any atom is -0.465 e. The maximum atomic E-state index is 11.7. The third-order valence-electron chi connectivity index (χ3n) is 4.09. The summed E-state index contributed by atoms with van der Waals surface area (Å²) in [5.41, 5.74) is 5.19. The molecule has 1 fully saturated rings. The Labute approximate surface area is 117 Å². The molecule has 2 atom stereocenters. The number of ether oxygens (including phenoxy) is 1. The number of hydrogen-bond acceptors (Lipinski definition) is 4.